The van der Waals surface area contributed by atoms with Gasteiger partial charge >= 0.3 is 0 Å². The van der Waals surface area contributed by atoms with Crippen molar-refractivity contribution in [1.82, 2.24) is 0 Å². The van der Waals surface area contributed by atoms with Crippen molar-refractivity contribution in [3.05, 3.63) is 70.3 Å². The zero-order valence-corrected chi connectivity index (χ0v) is 11.8. The van der Waals surface area contributed by atoms with Crippen LogP contribution in [0.25, 0.3) is 0 Å². The average Bonchev–Trinajstić information content (AvgIpc) is 2.44. The predicted molar refractivity (Wildman–Crippen MR) is 77.6 cm³/mol. The summed E-state index contributed by atoms with van der Waals surface area (Å²) >= 11 is 0. The quantitative estimate of drug-likeness (QED) is 0.885. The molecule has 0 amide bonds. The van der Waals surface area contributed by atoms with Crippen molar-refractivity contribution in [1.29, 1.82) is 0 Å². The average molecular weight is 275 g/mol. The van der Waals surface area contributed by atoms with E-state index in [-0.39, 0.29) is 5.56 Å². The van der Waals surface area contributed by atoms with Crippen molar-refractivity contribution in [2.24, 2.45) is 5.73 Å². The second-order valence-electron chi connectivity index (χ2n) is 5.06. The highest BCUT2D eigenvalue weighted by Gasteiger charge is 2.19. The van der Waals surface area contributed by atoms with Gasteiger partial charge in [-0.1, -0.05) is 43.7 Å². The lowest BCUT2D eigenvalue weighted by molar-refractivity contribution is 0.538. The molecule has 0 aromatic heterocycles. The molecule has 20 heavy (non-hydrogen) atoms. The molecule has 0 heterocycles. The summed E-state index contributed by atoms with van der Waals surface area (Å²) in [6.07, 6.45) is 2.05. The number of nitrogens with two attached hydrogens (primary N) is 1. The number of rotatable bonds is 4. The predicted octanol–water partition coefficient (Wildman–Crippen LogP) is 4.27. The molecule has 0 bridgehead atoms. The standard InChI is InChI=1S/C17H19F2N/c1-3-4-12-6-8-13(9-7-12)17(20)15-14(18)10-5-11(2)16(15)19/h5-10,17H,3-4,20H2,1-2H3. The Hall–Kier alpha value is -1.74. The fourth-order valence-electron chi connectivity index (χ4n) is 2.31. The van der Waals surface area contributed by atoms with E-state index in [1.807, 2.05) is 24.3 Å². The van der Waals surface area contributed by atoms with Crippen molar-refractivity contribution < 1.29 is 8.78 Å². The molecule has 0 saturated heterocycles. The first-order valence-corrected chi connectivity index (χ1v) is 6.83. The first kappa shape index (κ1) is 14.7. The topological polar surface area (TPSA) is 26.0 Å². The van der Waals surface area contributed by atoms with E-state index in [2.05, 4.69) is 6.92 Å². The van der Waals surface area contributed by atoms with Gasteiger partial charge in [-0.25, -0.2) is 8.78 Å². The lowest BCUT2D eigenvalue weighted by atomic mass is 9.95. The smallest absolute Gasteiger partial charge is 0.134 e. The van der Waals surface area contributed by atoms with Gasteiger partial charge in [0.05, 0.1) is 6.04 Å². The van der Waals surface area contributed by atoms with E-state index in [4.69, 9.17) is 5.73 Å². The minimum absolute atomic E-state index is 0.0618. The fraction of sp³-hybridized carbons (Fsp3) is 0.294. The Kier molecular flexibility index (Phi) is 4.50. The second kappa shape index (κ2) is 6.14. The molecule has 2 rings (SSSR count). The first-order chi connectivity index (χ1) is 9.54. The minimum Gasteiger partial charge on any atom is -0.320 e. The lowest BCUT2D eigenvalue weighted by Gasteiger charge is -2.16. The minimum atomic E-state index is -0.787. The highest BCUT2D eigenvalue weighted by atomic mass is 19.1. The zero-order valence-electron chi connectivity index (χ0n) is 11.8. The van der Waals surface area contributed by atoms with Gasteiger partial charge in [0.2, 0.25) is 0 Å². The van der Waals surface area contributed by atoms with Gasteiger partial charge in [0.25, 0.3) is 0 Å². The highest BCUT2D eigenvalue weighted by molar-refractivity contribution is 5.37. The van der Waals surface area contributed by atoms with E-state index in [0.717, 1.165) is 12.8 Å². The molecule has 0 saturated carbocycles. The Labute approximate surface area is 118 Å². The first-order valence-electron chi connectivity index (χ1n) is 6.83. The third kappa shape index (κ3) is 2.88. The van der Waals surface area contributed by atoms with Crippen LogP contribution in [0.1, 0.15) is 41.6 Å². The number of halogens is 2. The molecule has 1 nitrogen and oxygen atoms in total. The Balaban J connectivity index is 2.36. The molecule has 2 aromatic carbocycles. The maximum atomic E-state index is 14.1. The summed E-state index contributed by atoms with van der Waals surface area (Å²) in [4.78, 5) is 0. The van der Waals surface area contributed by atoms with Crippen molar-refractivity contribution in [3.63, 3.8) is 0 Å². The van der Waals surface area contributed by atoms with Gasteiger partial charge in [0.15, 0.2) is 0 Å². The van der Waals surface area contributed by atoms with Crippen LogP contribution in [0.3, 0.4) is 0 Å². The summed E-state index contributed by atoms with van der Waals surface area (Å²) < 4.78 is 27.9. The normalized spacial score (nSPS) is 12.4. The monoisotopic (exact) mass is 275 g/mol. The van der Waals surface area contributed by atoms with Gasteiger partial charge in [0, 0.05) is 5.56 Å². The van der Waals surface area contributed by atoms with Gasteiger partial charge < -0.3 is 5.73 Å². The van der Waals surface area contributed by atoms with E-state index in [0.29, 0.717) is 11.1 Å². The van der Waals surface area contributed by atoms with Crippen LogP contribution >= 0.6 is 0 Å². The third-order valence-electron chi connectivity index (χ3n) is 3.51. The Morgan fingerprint density at radius 3 is 2.30 bits per heavy atom. The number of aryl methyl sites for hydroxylation is 2. The summed E-state index contributed by atoms with van der Waals surface area (Å²) in [6, 6.07) is 9.51. The molecule has 1 atom stereocenters. The van der Waals surface area contributed by atoms with Gasteiger partial charge in [-0.3, -0.25) is 0 Å². The number of hydrogen-bond acceptors (Lipinski definition) is 1. The largest absolute Gasteiger partial charge is 0.320 e. The number of benzene rings is 2. The van der Waals surface area contributed by atoms with E-state index in [1.165, 1.54) is 17.7 Å². The third-order valence-corrected chi connectivity index (χ3v) is 3.51. The van der Waals surface area contributed by atoms with Gasteiger partial charge in [-0.2, -0.15) is 0 Å². The van der Waals surface area contributed by atoms with Gasteiger partial charge in [0.1, 0.15) is 11.6 Å². The second-order valence-corrected chi connectivity index (χ2v) is 5.06. The van der Waals surface area contributed by atoms with Crippen LogP contribution in [0.5, 0.6) is 0 Å². The SMILES string of the molecule is CCCc1ccc(C(N)c2c(F)ccc(C)c2F)cc1. The molecule has 0 aliphatic heterocycles. The van der Waals surface area contributed by atoms with E-state index in [9.17, 15) is 8.78 Å². The van der Waals surface area contributed by atoms with Crippen molar-refractivity contribution in [2.75, 3.05) is 0 Å². The summed E-state index contributed by atoms with van der Waals surface area (Å²) in [5.41, 5.74) is 8.29. The highest BCUT2D eigenvalue weighted by Crippen LogP contribution is 2.27. The molecular formula is C17H19F2N. The van der Waals surface area contributed by atoms with Crippen LogP contribution in [0, 0.1) is 18.6 Å². The Bertz CT molecular complexity index is 591. The summed E-state index contributed by atoms with van der Waals surface area (Å²) in [6.45, 7) is 3.71. The van der Waals surface area contributed by atoms with Crippen LogP contribution in [-0.2, 0) is 6.42 Å². The van der Waals surface area contributed by atoms with E-state index in [1.54, 1.807) is 6.92 Å². The fourth-order valence-corrected chi connectivity index (χ4v) is 2.31. The maximum absolute atomic E-state index is 14.1. The van der Waals surface area contributed by atoms with Crippen LogP contribution in [-0.4, -0.2) is 0 Å². The molecule has 0 spiro atoms. The summed E-state index contributed by atoms with van der Waals surface area (Å²) in [5.74, 6) is -1.16. The van der Waals surface area contributed by atoms with E-state index >= 15 is 0 Å². The molecule has 2 N–H and O–H groups in total. The lowest BCUT2D eigenvalue weighted by Crippen LogP contribution is -2.16. The van der Waals surface area contributed by atoms with Crippen molar-refractivity contribution >= 4 is 0 Å². The maximum Gasteiger partial charge on any atom is 0.134 e. The van der Waals surface area contributed by atoms with E-state index < -0.39 is 17.7 Å². The Morgan fingerprint density at radius 2 is 1.70 bits per heavy atom. The van der Waals surface area contributed by atoms with Gasteiger partial charge in [-0.05, 0) is 36.1 Å². The molecule has 0 aliphatic carbocycles. The number of hydrogen-bond donors (Lipinski definition) is 1. The summed E-state index contributed by atoms with van der Waals surface area (Å²) in [7, 11) is 0. The van der Waals surface area contributed by atoms with Crippen LogP contribution in [0.15, 0.2) is 36.4 Å². The van der Waals surface area contributed by atoms with Crippen LogP contribution in [0.2, 0.25) is 0 Å². The molecule has 0 fully saturated rings. The Morgan fingerprint density at radius 1 is 1.05 bits per heavy atom. The molecule has 106 valence electrons. The van der Waals surface area contributed by atoms with Crippen molar-refractivity contribution in [3.8, 4) is 0 Å². The molecule has 0 radical (unpaired) electrons. The molecule has 3 heteroatoms. The molecule has 2 aromatic rings. The molecule has 1 unspecified atom stereocenters. The van der Waals surface area contributed by atoms with Crippen LogP contribution < -0.4 is 5.73 Å². The molecule has 0 aliphatic rings. The van der Waals surface area contributed by atoms with Crippen LogP contribution in [0.4, 0.5) is 8.78 Å². The van der Waals surface area contributed by atoms with Crippen molar-refractivity contribution in [2.45, 2.75) is 32.7 Å². The zero-order chi connectivity index (χ0) is 14.7. The molecular weight excluding hydrogens is 256 g/mol. The van der Waals surface area contributed by atoms with Gasteiger partial charge in [-0.15, -0.1) is 0 Å². The summed E-state index contributed by atoms with van der Waals surface area (Å²) in [5, 5.41) is 0.